The first-order valence-electron chi connectivity index (χ1n) is 5.38. The molecule has 0 unspecified atom stereocenters. The smallest absolute Gasteiger partial charge is 0.305 e. The number of nitrogens with one attached hydrogen (secondary N) is 1. The van der Waals surface area contributed by atoms with E-state index in [9.17, 15) is 4.79 Å². The van der Waals surface area contributed by atoms with Crippen molar-refractivity contribution in [3.63, 3.8) is 0 Å². The molecule has 6 heteroatoms. The Balaban J connectivity index is 2.95. The number of carboxylic acid groups (broad SMARTS) is 1. The average Bonchev–Trinajstić information content (AvgIpc) is 2.37. The number of aliphatic carboxylic acids is 1. The van der Waals surface area contributed by atoms with Gasteiger partial charge in [-0.2, -0.15) is 0 Å². The lowest BCUT2D eigenvalue weighted by Crippen LogP contribution is -2.09. The first-order valence-corrected chi connectivity index (χ1v) is 5.38. The summed E-state index contributed by atoms with van der Waals surface area (Å²) in [7, 11) is 4.60. The van der Waals surface area contributed by atoms with Gasteiger partial charge in [-0.25, -0.2) is 0 Å². The Morgan fingerprint density at radius 2 is 1.72 bits per heavy atom. The Morgan fingerprint density at radius 3 is 2.11 bits per heavy atom. The van der Waals surface area contributed by atoms with E-state index in [1.165, 1.54) is 14.2 Å². The van der Waals surface area contributed by atoms with Crippen molar-refractivity contribution >= 4 is 11.7 Å². The fraction of sp³-hybridized carbons (Fsp3) is 0.417. The number of benzene rings is 1. The minimum Gasteiger partial charge on any atom is -0.496 e. The van der Waals surface area contributed by atoms with Gasteiger partial charge in [0, 0.05) is 18.7 Å². The number of ether oxygens (including phenoxy) is 3. The number of methoxy groups -OCH3 is 3. The van der Waals surface area contributed by atoms with Crippen molar-refractivity contribution < 1.29 is 24.1 Å². The van der Waals surface area contributed by atoms with Gasteiger partial charge in [-0.1, -0.05) is 0 Å². The van der Waals surface area contributed by atoms with E-state index in [0.717, 1.165) is 0 Å². The van der Waals surface area contributed by atoms with Crippen molar-refractivity contribution in [3.05, 3.63) is 12.1 Å². The van der Waals surface area contributed by atoms with E-state index in [0.29, 0.717) is 22.9 Å². The molecule has 1 rings (SSSR count). The molecule has 100 valence electrons. The third kappa shape index (κ3) is 3.44. The van der Waals surface area contributed by atoms with E-state index in [-0.39, 0.29) is 13.0 Å². The van der Waals surface area contributed by atoms with E-state index in [4.69, 9.17) is 19.3 Å². The molecule has 0 saturated heterocycles. The molecule has 0 radical (unpaired) electrons. The molecule has 0 aliphatic carbocycles. The second kappa shape index (κ2) is 6.58. The molecular formula is C12H17NO5. The van der Waals surface area contributed by atoms with Gasteiger partial charge < -0.3 is 24.6 Å². The summed E-state index contributed by atoms with van der Waals surface area (Å²) in [6, 6.07) is 3.40. The Labute approximate surface area is 105 Å². The summed E-state index contributed by atoms with van der Waals surface area (Å²) in [5.74, 6) is 0.814. The van der Waals surface area contributed by atoms with E-state index >= 15 is 0 Å². The summed E-state index contributed by atoms with van der Waals surface area (Å²) in [5, 5.41) is 11.6. The van der Waals surface area contributed by atoms with Crippen LogP contribution in [0, 0.1) is 0 Å². The van der Waals surface area contributed by atoms with Crippen molar-refractivity contribution in [2.24, 2.45) is 0 Å². The highest BCUT2D eigenvalue weighted by Gasteiger charge is 2.13. The number of rotatable bonds is 7. The molecule has 0 bridgehead atoms. The maximum absolute atomic E-state index is 10.5. The summed E-state index contributed by atoms with van der Waals surface area (Å²) in [6.45, 7) is 0.286. The minimum atomic E-state index is -0.867. The quantitative estimate of drug-likeness (QED) is 0.770. The second-order valence-corrected chi connectivity index (χ2v) is 3.48. The number of hydrogen-bond acceptors (Lipinski definition) is 5. The van der Waals surface area contributed by atoms with Crippen LogP contribution in [0.2, 0.25) is 0 Å². The summed E-state index contributed by atoms with van der Waals surface area (Å²) < 4.78 is 15.6. The highest BCUT2D eigenvalue weighted by atomic mass is 16.5. The van der Waals surface area contributed by atoms with Crippen LogP contribution in [0.15, 0.2) is 12.1 Å². The van der Waals surface area contributed by atoms with Crippen LogP contribution in [-0.4, -0.2) is 38.9 Å². The molecule has 0 amide bonds. The molecular weight excluding hydrogens is 238 g/mol. The zero-order valence-corrected chi connectivity index (χ0v) is 10.6. The van der Waals surface area contributed by atoms with Gasteiger partial charge >= 0.3 is 5.97 Å². The third-order valence-corrected chi connectivity index (χ3v) is 2.36. The SMILES string of the molecule is COc1cc(OC)c(NCCC(=O)O)c(OC)c1. The topological polar surface area (TPSA) is 77.0 Å². The standard InChI is InChI=1S/C12H17NO5/c1-16-8-6-9(17-2)12(10(7-8)18-3)13-5-4-11(14)15/h6-7,13H,4-5H2,1-3H3,(H,14,15). The molecule has 0 fully saturated rings. The molecule has 0 saturated carbocycles. The van der Waals surface area contributed by atoms with Gasteiger partial charge in [0.25, 0.3) is 0 Å². The molecule has 2 N–H and O–H groups in total. The third-order valence-electron chi connectivity index (χ3n) is 2.36. The summed E-state index contributed by atoms with van der Waals surface area (Å²) in [5.41, 5.74) is 0.613. The van der Waals surface area contributed by atoms with Crippen molar-refractivity contribution in [3.8, 4) is 17.2 Å². The largest absolute Gasteiger partial charge is 0.496 e. The van der Waals surface area contributed by atoms with Crippen LogP contribution in [-0.2, 0) is 4.79 Å². The fourth-order valence-corrected chi connectivity index (χ4v) is 1.47. The lowest BCUT2D eigenvalue weighted by atomic mass is 10.2. The molecule has 0 aliphatic heterocycles. The Bertz CT molecular complexity index is 394. The highest BCUT2D eigenvalue weighted by Crippen LogP contribution is 2.38. The Kier molecular flexibility index (Phi) is 5.10. The monoisotopic (exact) mass is 255 g/mol. The molecule has 0 spiro atoms. The van der Waals surface area contributed by atoms with Crippen molar-refractivity contribution in [2.75, 3.05) is 33.2 Å². The van der Waals surface area contributed by atoms with E-state index in [1.807, 2.05) is 0 Å². The molecule has 0 heterocycles. The van der Waals surface area contributed by atoms with Gasteiger partial charge in [0.15, 0.2) is 0 Å². The zero-order valence-electron chi connectivity index (χ0n) is 10.6. The van der Waals surface area contributed by atoms with Crippen molar-refractivity contribution in [2.45, 2.75) is 6.42 Å². The fourth-order valence-electron chi connectivity index (χ4n) is 1.47. The number of carbonyl (C=O) groups is 1. The van der Waals surface area contributed by atoms with Crippen LogP contribution in [0.25, 0.3) is 0 Å². The van der Waals surface area contributed by atoms with Gasteiger partial charge in [-0.3, -0.25) is 4.79 Å². The van der Waals surface area contributed by atoms with Crippen LogP contribution >= 0.6 is 0 Å². The lowest BCUT2D eigenvalue weighted by Gasteiger charge is -2.16. The molecule has 0 aromatic heterocycles. The Hall–Kier alpha value is -2.11. The number of anilines is 1. The van der Waals surface area contributed by atoms with Gasteiger partial charge in [0.05, 0.1) is 27.8 Å². The average molecular weight is 255 g/mol. The zero-order chi connectivity index (χ0) is 13.5. The molecule has 18 heavy (non-hydrogen) atoms. The predicted octanol–water partition coefficient (Wildman–Crippen LogP) is 1.60. The van der Waals surface area contributed by atoms with Gasteiger partial charge in [-0.05, 0) is 0 Å². The highest BCUT2D eigenvalue weighted by molar-refractivity contribution is 5.71. The number of hydrogen-bond donors (Lipinski definition) is 2. The lowest BCUT2D eigenvalue weighted by molar-refractivity contribution is -0.136. The summed E-state index contributed by atoms with van der Waals surface area (Å²) in [6.07, 6.45) is 0.0122. The maximum atomic E-state index is 10.5. The van der Waals surface area contributed by atoms with Crippen molar-refractivity contribution in [1.29, 1.82) is 0 Å². The maximum Gasteiger partial charge on any atom is 0.305 e. The summed E-state index contributed by atoms with van der Waals surface area (Å²) >= 11 is 0. The van der Waals surface area contributed by atoms with Gasteiger partial charge in [-0.15, -0.1) is 0 Å². The Morgan fingerprint density at radius 1 is 1.17 bits per heavy atom. The first-order chi connectivity index (χ1) is 8.62. The van der Waals surface area contributed by atoms with Crippen LogP contribution < -0.4 is 19.5 Å². The molecule has 0 aliphatic rings. The van der Waals surface area contributed by atoms with Crippen LogP contribution in [0.3, 0.4) is 0 Å². The molecule has 1 aromatic rings. The minimum absolute atomic E-state index is 0.0122. The van der Waals surface area contributed by atoms with Crippen molar-refractivity contribution in [1.82, 2.24) is 0 Å². The van der Waals surface area contributed by atoms with Crippen LogP contribution in [0.4, 0.5) is 5.69 Å². The molecule has 0 atom stereocenters. The second-order valence-electron chi connectivity index (χ2n) is 3.48. The van der Waals surface area contributed by atoms with E-state index in [2.05, 4.69) is 5.32 Å². The van der Waals surface area contributed by atoms with Gasteiger partial charge in [0.1, 0.15) is 22.9 Å². The predicted molar refractivity (Wildman–Crippen MR) is 66.8 cm³/mol. The van der Waals surface area contributed by atoms with E-state index < -0.39 is 5.97 Å². The summed E-state index contributed by atoms with van der Waals surface area (Å²) in [4.78, 5) is 10.5. The van der Waals surface area contributed by atoms with Gasteiger partial charge in [0.2, 0.25) is 0 Å². The van der Waals surface area contributed by atoms with Crippen LogP contribution in [0.1, 0.15) is 6.42 Å². The first kappa shape index (κ1) is 14.0. The molecule has 1 aromatic carbocycles. The normalized spacial score (nSPS) is 9.72. The number of carboxylic acids is 1. The van der Waals surface area contributed by atoms with Crippen LogP contribution in [0.5, 0.6) is 17.2 Å². The molecule has 6 nitrogen and oxygen atoms in total. The van der Waals surface area contributed by atoms with E-state index in [1.54, 1.807) is 19.2 Å².